The van der Waals surface area contributed by atoms with E-state index in [1.54, 1.807) is 0 Å². The summed E-state index contributed by atoms with van der Waals surface area (Å²) in [6, 6.07) is 0. The topological polar surface area (TPSA) is 0 Å². The molecule has 0 heteroatoms. The van der Waals surface area contributed by atoms with Gasteiger partial charge in [0, 0.05) is 0 Å². The summed E-state index contributed by atoms with van der Waals surface area (Å²) in [6.07, 6.45) is 16.1. The van der Waals surface area contributed by atoms with E-state index in [0.29, 0.717) is 5.41 Å². The van der Waals surface area contributed by atoms with Gasteiger partial charge in [-0.3, -0.25) is 0 Å². The van der Waals surface area contributed by atoms with Crippen LogP contribution in [-0.2, 0) is 0 Å². The van der Waals surface area contributed by atoms with Gasteiger partial charge in [0.1, 0.15) is 0 Å². The van der Waals surface area contributed by atoms with Crippen LogP contribution in [0.2, 0.25) is 0 Å². The SMILES string of the molecule is CCCCC1(CCC)CCC(C)CCC(CC)C1. The molecule has 0 aromatic rings. The lowest BCUT2D eigenvalue weighted by atomic mass is 9.65. The van der Waals surface area contributed by atoms with Gasteiger partial charge in [0.2, 0.25) is 0 Å². The molecule has 0 aromatic heterocycles. The van der Waals surface area contributed by atoms with Crippen LogP contribution in [0.15, 0.2) is 0 Å². The molecule has 0 aliphatic heterocycles. The third kappa shape index (κ3) is 4.94. The van der Waals surface area contributed by atoms with E-state index in [1.807, 2.05) is 0 Å². The van der Waals surface area contributed by atoms with Gasteiger partial charge in [-0.2, -0.15) is 0 Å². The summed E-state index contributed by atoms with van der Waals surface area (Å²) >= 11 is 0. The molecule has 0 nitrogen and oxygen atoms in total. The molecule has 3 atom stereocenters. The smallest absolute Gasteiger partial charge is 0.0295 e. The summed E-state index contributed by atoms with van der Waals surface area (Å²) in [7, 11) is 0. The maximum atomic E-state index is 2.48. The fourth-order valence-electron chi connectivity index (χ4n) is 4.04. The van der Waals surface area contributed by atoms with Crippen molar-refractivity contribution in [3.05, 3.63) is 0 Å². The van der Waals surface area contributed by atoms with Crippen LogP contribution in [0.3, 0.4) is 0 Å². The largest absolute Gasteiger partial charge is 0.0654 e. The van der Waals surface area contributed by atoms with Crippen molar-refractivity contribution < 1.29 is 0 Å². The Balaban J connectivity index is 2.73. The van der Waals surface area contributed by atoms with Crippen molar-refractivity contribution in [3.63, 3.8) is 0 Å². The molecule has 1 aliphatic rings. The number of unbranched alkanes of at least 4 members (excludes halogenated alkanes) is 1. The first-order valence-electron chi connectivity index (χ1n) is 8.65. The van der Waals surface area contributed by atoms with Crippen LogP contribution in [0.25, 0.3) is 0 Å². The highest BCUT2D eigenvalue weighted by molar-refractivity contribution is 4.84. The minimum absolute atomic E-state index is 0.708. The predicted octanol–water partition coefficient (Wildman–Crippen LogP) is 6.59. The molecule has 0 heterocycles. The first kappa shape index (κ1) is 16.1. The van der Waals surface area contributed by atoms with Gasteiger partial charge in [-0.25, -0.2) is 0 Å². The van der Waals surface area contributed by atoms with Crippen LogP contribution in [0.5, 0.6) is 0 Å². The van der Waals surface area contributed by atoms with E-state index >= 15 is 0 Å². The second-order valence-corrected chi connectivity index (χ2v) is 7.05. The lowest BCUT2D eigenvalue weighted by Crippen LogP contribution is -2.27. The summed E-state index contributed by atoms with van der Waals surface area (Å²) < 4.78 is 0. The van der Waals surface area contributed by atoms with Gasteiger partial charge in [-0.05, 0) is 42.9 Å². The van der Waals surface area contributed by atoms with Crippen LogP contribution in [-0.4, -0.2) is 0 Å². The standard InChI is InChI=1S/C18H36/c1-5-8-13-18(12-6-2)14-11-16(4)9-10-17(7-3)15-18/h16-17H,5-15H2,1-4H3. The molecule has 18 heavy (non-hydrogen) atoms. The number of hydrogen-bond donors (Lipinski definition) is 0. The Bertz CT molecular complexity index is 208. The predicted molar refractivity (Wildman–Crippen MR) is 82.9 cm³/mol. The molecule has 0 saturated heterocycles. The summed E-state index contributed by atoms with van der Waals surface area (Å²) in [5.41, 5.74) is 0.708. The molecule has 0 radical (unpaired) electrons. The third-order valence-electron chi connectivity index (χ3n) is 5.38. The highest BCUT2D eigenvalue weighted by Crippen LogP contribution is 2.46. The van der Waals surface area contributed by atoms with Gasteiger partial charge in [0.15, 0.2) is 0 Å². The summed E-state index contributed by atoms with van der Waals surface area (Å²) in [6.45, 7) is 9.63. The van der Waals surface area contributed by atoms with Crippen molar-refractivity contribution in [3.8, 4) is 0 Å². The maximum absolute atomic E-state index is 2.48. The van der Waals surface area contributed by atoms with Crippen LogP contribution in [0, 0.1) is 17.3 Å². The van der Waals surface area contributed by atoms with Crippen molar-refractivity contribution in [2.45, 2.75) is 98.3 Å². The fourth-order valence-corrected chi connectivity index (χ4v) is 4.04. The average Bonchev–Trinajstić information content (AvgIpc) is 2.37. The molecule has 0 aromatic carbocycles. The Morgan fingerprint density at radius 3 is 2.33 bits per heavy atom. The van der Waals surface area contributed by atoms with Crippen LogP contribution < -0.4 is 0 Å². The van der Waals surface area contributed by atoms with E-state index in [1.165, 1.54) is 70.6 Å². The first-order valence-corrected chi connectivity index (χ1v) is 8.65. The molecule has 0 spiro atoms. The zero-order valence-corrected chi connectivity index (χ0v) is 13.4. The normalized spacial score (nSPS) is 34.0. The van der Waals surface area contributed by atoms with Crippen molar-refractivity contribution in [1.82, 2.24) is 0 Å². The van der Waals surface area contributed by atoms with E-state index < -0.39 is 0 Å². The Morgan fingerprint density at radius 2 is 1.72 bits per heavy atom. The van der Waals surface area contributed by atoms with Crippen molar-refractivity contribution >= 4 is 0 Å². The van der Waals surface area contributed by atoms with Crippen molar-refractivity contribution in [1.29, 1.82) is 0 Å². The van der Waals surface area contributed by atoms with E-state index in [0.717, 1.165) is 11.8 Å². The molecule has 108 valence electrons. The second-order valence-electron chi connectivity index (χ2n) is 7.05. The summed E-state index contributed by atoms with van der Waals surface area (Å²) in [4.78, 5) is 0. The second kappa shape index (κ2) is 8.23. The minimum atomic E-state index is 0.708. The third-order valence-corrected chi connectivity index (χ3v) is 5.38. The molecule has 1 saturated carbocycles. The quantitative estimate of drug-likeness (QED) is 0.500. The fraction of sp³-hybridized carbons (Fsp3) is 1.00. The van der Waals surface area contributed by atoms with Crippen molar-refractivity contribution in [2.24, 2.45) is 17.3 Å². The minimum Gasteiger partial charge on any atom is -0.0654 e. The zero-order valence-electron chi connectivity index (χ0n) is 13.4. The van der Waals surface area contributed by atoms with Crippen LogP contribution in [0.1, 0.15) is 98.3 Å². The van der Waals surface area contributed by atoms with Gasteiger partial charge < -0.3 is 0 Å². The van der Waals surface area contributed by atoms with Gasteiger partial charge in [-0.1, -0.05) is 72.6 Å². The Morgan fingerprint density at radius 1 is 0.944 bits per heavy atom. The lowest BCUT2D eigenvalue weighted by molar-refractivity contribution is 0.118. The first-order chi connectivity index (χ1) is 8.65. The van der Waals surface area contributed by atoms with Gasteiger partial charge in [0.05, 0.1) is 0 Å². The maximum Gasteiger partial charge on any atom is -0.0295 e. The lowest BCUT2D eigenvalue weighted by Gasteiger charge is -2.40. The number of hydrogen-bond acceptors (Lipinski definition) is 0. The van der Waals surface area contributed by atoms with Gasteiger partial charge in [-0.15, -0.1) is 0 Å². The van der Waals surface area contributed by atoms with E-state index in [-0.39, 0.29) is 0 Å². The van der Waals surface area contributed by atoms with Crippen LogP contribution >= 0.6 is 0 Å². The van der Waals surface area contributed by atoms with Crippen molar-refractivity contribution in [2.75, 3.05) is 0 Å². The van der Waals surface area contributed by atoms with Crippen LogP contribution in [0.4, 0.5) is 0 Å². The Kier molecular flexibility index (Phi) is 7.34. The van der Waals surface area contributed by atoms with E-state index in [9.17, 15) is 0 Å². The Hall–Kier alpha value is 0. The molecule has 1 fully saturated rings. The summed E-state index contributed by atoms with van der Waals surface area (Å²) in [5, 5.41) is 0. The molecule has 1 rings (SSSR count). The van der Waals surface area contributed by atoms with Gasteiger partial charge >= 0.3 is 0 Å². The van der Waals surface area contributed by atoms with E-state index in [4.69, 9.17) is 0 Å². The monoisotopic (exact) mass is 252 g/mol. The number of rotatable bonds is 6. The molecule has 1 aliphatic carbocycles. The zero-order chi connectivity index (χ0) is 13.4. The average molecular weight is 252 g/mol. The molecular weight excluding hydrogens is 216 g/mol. The highest BCUT2D eigenvalue weighted by atomic mass is 14.4. The molecule has 3 unspecified atom stereocenters. The van der Waals surface area contributed by atoms with Gasteiger partial charge in [0.25, 0.3) is 0 Å². The molecule has 0 bridgehead atoms. The molecular formula is C18H36. The highest BCUT2D eigenvalue weighted by Gasteiger charge is 2.33. The Labute approximate surface area is 116 Å². The van der Waals surface area contributed by atoms with E-state index in [2.05, 4.69) is 27.7 Å². The summed E-state index contributed by atoms with van der Waals surface area (Å²) in [5.74, 6) is 1.98. The molecule has 0 amide bonds. The molecule has 0 N–H and O–H groups in total.